The van der Waals surface area contributed by atoms with Gasteiger partial charge in [-0.05, 0) is 37.6 Å². The van der Waals surface area contributed by atoms with Gasteiger partial charge >= 0.3 is 0 Å². The van der Waals surface area contributed by atoms with Crippen LogP contribution in [0.2, 0.25) is 0 Å². The van der Waals surface area contributed by atoms with Crippen molar-refractivity contribution in [3.8, 4) is 0 Å². The van der Waals surface area contributed by atoms with Gasteiger partial charge in [0.05, 0.1) is 6.61 Å². The number of rotatable bonds is 11. The average Bonchev–Trinajstić information content (AvgIpc) is 2.50. The first-order valence-corrected chi connectivity index (χ1v) is 8.20. The molecule has 0 aliphatic rings. The Balaban J connectivity index is 2.66. The predicted molar refractivity (Wildman–Crippen MR) is 90.8 cm³/mol. The molecule has 1 aromatic carbocycles. The minimum absolute atomic E-state index is 0.391. The highest BCUT2D eigenvalue weighted by atomic mass is 16.5. The zero-order valence-corrected chi connectivity index (χ0v) is 14.2. The van der Waals surface area contributed by atoms with E-state index in [2.05, 4.69) is 55.4 Å². The van der Waals surface area contributed by atoms with Crippen LogP contribution in [0, 0.1) is 0 Å². The van der Waals surface area contributed by atoms with E-state index < -0.39 is 0 Å². The Kier molecular flexibility index (Phi) is 9.31. The van der Waals surface area contributed by atoms with Gasteiger partial charge in [-0.1, -0.05) is 44.5 Å². The van der Waals surface area contributed by atoms with Crippen LogP contribution in [0.5, 0.6) is 0 Å². The summed E-state index contributed by atoms with van der Waals surface area (Å²) in [7, 11) is 3.91. The first kappa shape index (κ1) is 18.1. The molecule has 0 aliphatic heterocycles. The van der Waals surface area contributed by atoms with Crippen LogP contribution in [0.3, 0.4) is 0 Å². The van der Waals surface area contributed by atoms with Gasteiger partial charge in [-0.3, -0.25) is 0 Å². The molecule has 1 aromatic rings. The maximum Gasteiger partial charge on any atom is 0.0589 e. The van der Waals surface area contributed by atoms with E-state index >= 15 is 0 Å². The Morgan fingerprint density at radius 3 is 2.43 bits per heavy atom. The van der Waals surface area contributed by atoms with Crippen molar-refractivity contribution in [3.05, 3.63) is 35.4 Å². The minimum Gasteiger partial charge on any atom is -0.383 e. The first-order valence-electron chi connectivity index (χ1n) is 8.20. The van der Waals surface area contributed by atoms with Crippen LogP contribution in [0.1, 0.15) is 43.9 Å². The number of hydrogen-bond acceptors (Lipinski definition) is 3. The third kappa shape index (κ3) is 7.07. The number of likely N-dealkylation sites (N-methyl/N-ethyl adjacent to an activating group) is 1. The summed E-state index contributed by atoms with van der Waals surface area (Å²) >= 11 is 0. The number of aryl methyl sites for hydroxylation is 1. The zero-order valence-electron chi connectivity index (χ0n) is 14.2. The van der Waals surface area contributed by atoms with Crippen LogP contribution in [0.4, 0.5) is 0 Å². The molecule has 0 radical (unpaired) electrons. The lowest BCUT2D eigenvalue weighted by Gasteiger charge is -2.25. The fourth-order valence-electron chi connectivity index (χ4n) is 2.46. The molecule has 0 spiro atoms. The molecule has 0 amide bonds. The highest BCUT2D eigenvalue weighted by Crippen LogP contribution is 2.16. The van der Waals surface area contributed by atoms with Gasteiger partial charge < -0.3 is 15.0 Å². The molecule has 0 bridgehead atoms. The minimum atomic E-state index is 0.391. The Morgan fingerprint density at radius 2 is 1.86 bits per heavy atom. The second kappa shape index (κ2) is 10.8. The van der Waals surface area contributed by atoms with Gasteiger partial charge in [-0.15, -0.1) is 0 Å². The number of benzene rings is 1. The van der Waals surface area contributed by atoms with Gasteiger partial charge in [-0.2, -0.15) is 0 Å². The van der Waals surface area contributed by atoms with Crippen LogP contribution >= 0.6 is 0 Å². The fraction of sp³-hybridized carbons (Fsp3) is 0.667. The summed E-state index contributed by atoms with van der Waals surface area (Å²) in [6.45, 7) is 8.25. The molecular weight excluding hydrogens is 260 g/mol. The highest BCUT2D eigenvalue weighted by molar-refractivity contribution is 5.25. The number of methoxy groups -OCH3 is 1. The summed E-state index contributed by atoms with van der Waals surface area (Å²) in [5.74, 6) is 0. The van der Waals surface area contributed by atoms with E-state index in [1.165, 1.54) is 24.0 Å². The van der Waals surface area contributed by atoms with Crippen molar-refractivity contribution in [2.24, 2.45) is 0 Å². The summed E-state index contributed by atoms with van der Waals surface area (Å²) in [6.07, 6.45) is 3.53. The maximum absolute atomic E-state index is 5.16. The topological polar surface area (TPSA) is 24.5 Å². The number of nitrogens with zero attached hydrogens (tertiary/aromatic N) is 1. The molecule has 1 unspecified atom stereocenters. The van der Waals surface area contributed by atoms with E-state index in [1.807, 2.05) is 0 Å². The molecule has 120 valence electrons. The molecule has 0 fully saturated rings. The lowest BCUT2D eigenvalue weighted by Crippen LogP contribution is -2.35. The Labute approximate surface area is 130 Å². The molecule has 0 saturated heterocycles. The van der Waals surface area contributed by atoms with E-state index in [1.54, 1.807) is 7.11 Å². The van der Waals surface area contributed by atoms with E-state index in [0.717, 1.165) is 32.7 Å². The molecule has 1 atom stereocenters. The quantitative estimate of drug-likeness (QED) is 0.677. The molecule has 1 rings (SSSR count). The molecule has 0 aliphatic carbocycles. The maximum atomic E-state index is 5.16. The van der Waals surface area contributed by atoms with E-state index in [0.29, 0.717) is 6.04 Å². The summed E-state index contributed by atoms with van der Waals surface area (Å²) in [5.41, 5.74) is 2.82. The largest absolute Gasteiger partial charge is 0.383 e. The predicted octanol–water partition coefficient (Wildman–Crippen LogP) is 3.26. The van der Waals surface area contributed by atoms with Gasteiger partial charge in [0.25, 0.3) is 0 Å². The standard InChI is InChI=1S/C18H32N2O/c1-5-7-16-8-10-17(11-9-16)18(19-12-6-2)15-20(3)13-14-21-4/h8-11,18-19H,5-7,12-15H2,1-4H3. The molecule has 21 heavy (non-hydrogen) atoms. The van der Waals surface area contributed by atoms with Crippen molar-refractivity contribution in [2.75, 3.05) is 40.4 Å². The van der Waals surface area contributed by atoms with Crippen molar-refractivity contribution in [2.45, 2.75) is 39.2 Å². The van der Waals surface area contributed by atoms with Crippen LogP contribution in [0.25, 0.3) is 0 Å². The van der Waals surface area contributed by atoms with Gasteiger partial charge in [0.15, 0.2) is 0 Å². The van der Waals surface area contributed by atoms with Crippen LogP contribution in [-0.2, 0) is 11.2 Å². The molecule has 1 N–H and O–H groups in total. The number of nitrogens with one attached hydrogen (secondary N) is 1. The van der Waals surface area contributed by atoms with E-state index in [9.17, 15) is 0 Å². The van der Waals surface area contributed by atoms with Gasteiger partial charge in [0, 0.05) is 26.2 Å². The second-order valence-electron chi connectivity index (χ2n) is 5.75. The molecule has 3 nitrogen and oxygen atoms in total. The molecule has 0 saturated carbocycles. The van der Waals surface area contributed by atoms with Crippen LogP contribution in [-0.4, -0.2) is 45.3 Å². The molecule has 0 heterocycles. The summed E-state index contributed by atoms with van der Waals surface area (Å²) < 4.78 is 5.16. The summed E-state index contributed by atoms with van der Waals surface area (Å²) in [5, 5.41) is 3.66. The first-order chi connectivity index (χ1) is 10.2. The smallest absolute Gasteiger partial charge is 0.0589 e. The molecular formula is C18H32N2O. The van der Waals surface area contributed by atoms with Crippen LogP contribution in [0.15, 0.2) is 24.3 Å². The Bertz CT molecular complexity index is 364. The fourth-order valence-corrected chi connectivity index (χ4v) is 2.46. The lowest BCUT2D eigenvalue weighted by molar-refractivity contribution is 0.155. The highest BCUT2D eigenvalue weighted by Gasteiger charge is 2.13. The van der Waals surface area contributed by atoms with Gasteiger partial charge in [0.2, 0.25) is 0 Å². The monoisotopic (exact) mass is 292 g/mol. The number of ether oxygens (including phenoxy) is 1. The second-order valence-corrected chi connectivity index (χ2v) is 5.75. The molecule has 3 heteroatoms. The van der Waals surface area contributed by atoms with Crippen molar-refractivity contribution in [1.82, 2.24) is 10.2 Å². The third-order valence-corrected chi connectivity index (χ3v) is 3.73. The zero-order chi connectivity index (χ0) is 15.5. The van der Waals surface area contributed by atoms with Crippen molar-refractivity contribution < 1.29 is 4.74 Å². The Morgan fingerprint density at radius 1 is 1.14 bits per heavy atom. The summed E-state index contributed by atoms with van der Waals surface area (Å²) in [6, 6.07) is 9.50. The summed E-state index contributed by atoms with van der Waals surface area (Å²) in [4.78, 5) is 2.33. The molecule has 0 aromatic heterocycles. The van der Waals surface area contributed by atoms with E-state index in [4.69, 9.17) is 4.74 Å². The lowest BCUT2D eigenvalue weighted by atomic mass is 10.0. The van der Waals surface area contributed by atoms with Crippen molar-refractivity contribution in [3.63, 3.8) is 0 Å². The van der Waals surface area contributed by atoms with Crippen molar-refractivity contribution in [1.29, 1.82) is 0 Å². The number of hydrogen-bond donors (Lipinski definition) is 1. The van der Waals surface area contributed by atoms with Gasteiger partial charge in [0.1, 0.15) is 0 Å². The third-order valence-electron chi connectivity index (χ3n) is 3.73. The Hall–Kier alpha value is -0.900. The van der Waals surface area contributed by atoms with Crippen LogP contribution < -0.4 is 5.32 Å². The SMILES string of the molecule is CCCNC(CN(C)CCOC)c1ccc(CCC)cc1. The normalized spacial score (nSPS) is 12.8. The van der Waals surface area contributed by atoms with Gasteiger partial charge in [-0.25, -0.2) is 0 Å². The average molecular weight is 292 g/mol. The van der Waals surface area contributed by atoms with Crippen molar-refractivity contribution >= 4 is 0 Å². The van der Waals surface area contributed by atoms with E-state index in [-0.39, 0.29) is 0 Å².